The molecule has 0 amide bonds. The molecule has 0 bridgehead atoms. The molecule has 0 saturated carbocycles. The molecule has 0 aromatic carbocycles. The van der Waals surface area contributed by atoms with Gasteiger partial charge in [0.25, 0.3) is 17.9 Å². The molecule has 9 heteroatoms. The minimum Gasteiger partial charge on any atom is -0.452 e. The molecule has 17 heavy (non-hydrogen) atoms. The Balaban J connectivity index is 0. The fourth-order valence-electron chi connectivity index (χ4n) is 0.789. The first-order valence-corrected chi connectivity index (χ1v) is 6.70. The highest BCUT2D eigenvalue weighted by Gasteiger charge is 2.48. The molecule has 0 fully saturated rings. The van der Waals surface area contributed by atoms with Gasteiger partial charge in [0.15, 0.2) is 0 Å². The average Bonchev–Trinajstić information content (AvgIpc) is 2.17. The molecular formula is C8H14NO6Si2. The van der Waals surface area contributed by atoms with Gasteiger partial charge in [-0.3, -0.25) is 14.4 Å². The largest absolute Gasteiger partial charge is 0.734 e. The normalized spacial score (nSPS) is 9.24. The van der Waals surface area contributed by atoms with Gasteiger partial charge in [-0.2, -0.15) is 0 Å². The van der Waals surface area contributed by atoms with Crippen LogP contribution < -0.4 is 5.40 Å². The summed E-state index contributed by atoms with van der Waals surface area (Å²) in [4.78, 5) is 32.3. The summed E-state index contributed by atoms with van der Waals surface area (Å²) in [6, 6.07) is 0. The van der Waals surface area contributed by atoms with Crippen LogP contribution in [0.15, 0.2) is 12.3 Å². The zero-order valence-corrected chi connectivity index (χ0v) is 11.8. The van der Waals surface area contributed by atoms with Gasteiger partial charge in [0.2, 0.25) is 0 Å². The summed E-state index contributed by atoms with van der Waals surface area (Å²) in [6.07, 6.45) is 0. The van der Waals surface area contributed by atoms with E-state index in [0.29, 0.717) is 0 Å². The van der Waals surface area contributed by atoms with E-state index in [9.17, 15) is 14.4 Å². The highest BCUT2D eigenvalue weighted by Crippen LogP contribution is 2.12. The summed E-state index contributed by atoms with van der Waals surface area (Å²) < 4.78 is 14.1. The van der Waals surface area contributed by atoms with E-state index < -0.39 is 26.7 Å². The molecule has 95 valence electrons. The van der Waals surface area contributed by atoms with Gasteiger partial charge >= 0.3 is 8.80 Å². The lowest BCUT2D eigenvalue weighted by Crippen LogP contribution is -2.47. The summed E-state index contributed by atoms with van der Waals surface area (Å²) in [7, 11) is -1.27. The van der Waals surface area contributed by atoms with Crippen LogP contribution in [0, 0.1) is 0 Å². The smallest absolute Gasteiger partial charge is 0.452 e. The zero-order valence-electron chi connectivity index (χ0n) is 9.81. The molecule has 0 aliphatic rings. The number of carbonyl (C=O) groups excluding carboxylic acids is 3. The van der Waals surface area contributed by atoms with Gasteiger partial charge in [-0.05, 0) is 0 Å². The Kier molecular flexibility index (Phi) is 9.14. The highest BCUT2D eigenvalue weighted by atomic mass is 28.4. The predicted molar refractivity (Wildman–Crippen MR) is 61.2 cm³/mol. The first kappa shape index (κ1) is 17.9. The predicted octanol–water partition coefficient (Wildman–Crippen LogP) is -0.632. The van der Waals surface area contributed by atoms with Crippen molar-refractivity contribution in [2.45, 2.75) is 20.8 Å². The molecule has 2 N–H and O–H groups in total. The second-order valence-corrected chi connectivity index (χ2v) is 4.82. The van der Waals surface area contributed by atoms with Crippen molar-refractivity contribution < 1.29 is 27.7 Å². The van der Waals surface area contributed by atoms with Crippen molar-refractivity contribution in [3.05, 3.63) is 12.3 Å². The summed E-state index contributed by atoms with van der Waals surface area (Å²) >= 11 is 0. The van der Waals surface area contributed by atoms with E-state index in [4.69, 9.17) is 13.3 Å². The quantitative estimate of drug-likeness (QED) is 0.681. The Bertz CT molecular complexity index is 266. The molecule has 0 heterocycles. The van der Waals surface area contributed by atoms with E-state index in [0.717, 1.165) is 26.5 Å². The van der Waals surface area contributed by atoms with Gasteiger partial charge in [0, 0.05) is 26.5 Å². The van der Waals surface area contributed by atoms with Crippen molar-refractivity contribution in [3.63, 3.8) is 0 Å². The van der Waals surface area contributed by atoms with E-state index >= 15 is 0 Å². The number of hydrogen-bond donors (Lipinski definition) is 1. The van der Waals surface area contributed by atoms with Crippen molar-refractivity contribution in [1.29, 1.82) is 0 Å². The maximum absolute atomic E-state index is 10.8. The van der Waals surface area contributed by atoms with Crippen molar-refractivity contribution >= 4 is 37.1 Å². The standard InChI is InChI=1S/C8H12O6Si.H2NSi/c1-5-15(12-6(2)9,13-7(3)10)14-8(4)11;1-2/h5H,1H2,2-4H3;1H2. The fourth-order valence-corrected chi connectivity index (χ4v) is 2.37. The fraction of sp³-hybridized carbons (Fsp3) is 0.375. The van der Waals surface area contributed by atoms with Gasteiger partial charge in [-0.15, -0.1) is 0 Å². The highest BCUT2D eigenvalue weighted by molar-refractivity contribution is 6.70. The van der Waals surface area contributed by atoms with Gasteiger partial charge in [-0.25, -0.2) is 0 Å². The summed E-state index contributed by atoms with van der Waals surface area (Å²) in [5.41, 5.74) is 1.04. The van der Waals surface area contributed by atoms with Crippen molar-refractivity contribution in [3.8, 4) is 0 Å². The van der Waals surface area contributed by atoms with Gasteiger partial charge in [0.1, 0.15) is 10.4 Å². The van der Waals surface area contributed by atoms with Crippen LogP contribution in [-0.4, -0.2) is 37.1 Å². The second-order valence-electron chi connectivity index (χ2n) is 2.59. The first-order chi connectivity index (χ1) is 7.81. The van der Waals surface area contributed by atoms with E-state index in [1.165, 1.54) is 0 Å². The van der Waals surface area contributed by atoms with Gasteiger partial charge in [0.05, 0.1) is 0 Å². The summed E-state index contributed by atoms with van der Waals surface area (Å²) in [5, 5.41) is 4.31. The molecule has 0 rings (SSSR count). The van der Waals surface area contributed by atoms with Crippen LogP contribution in [0.5, 0.6) is 0 Å². The molecule has 0 aliphatic carbocycles. The molecule has 0 aromatic rings. The molecule has 0 aromatic heterocycles. The first-order valence-electron chi connectivity index (χ1n) is 4.32. The van der Waals surface area contributed by atoms with Crippen molar-refractivity contribution in [2.24, 2.45) is 5.40 Å². The molecule has 7 nitrogen and oxygen atoms in total. The Morgan fingerprint density at radius 2 is 1.24 bits per heavy atom. The third-order valence-electron chi connectivity index (χ3n) is 1.11. The van der Waals surface area contributed by atoms with Crippen LogP contribution in [-0.2, 0) is 27.7 Å². The number of carbonyl (C=O) groups is 3. The molecular weight excluding hydrogens is 262 g/mol. The Morgan fingerprint density at radius 1 is 1.00 bits per heavy atom. The lowest BCUT2D eigenvalue weighted by atomic mass is 10.9. The molecule has 0 saturated heterocycles. The molecule has 0 unspecified atom stereocenters. The minimum absolute atomic E-state index is 0.718. The molecule has 3 radical (unpaired) electrons. The maximum Gasteiger partial charge on any atom is 0.734 e. The summed E-state index contributed by atoms with van der Waals surface area (Å²) in [5.74, 6) is -2.16. The average molecular weight is 276 g/mol. The van der Waals surface area contributed by atoms with Gasteiger partial charge < -0.3 is 18.7 Å². The second kappa shape index (κ2) is 8.67. The van der Waals surface area contributed by atoms with Crippen LogP contribution in [0.3, 0.4) is 0 Å². The minimum atomic E-state index is -3.74. The van der Waals surface area contributed by atoms with Crippen LogP contribution >= 0.6 is 0 Å². The Morgan fingerprint density at radius 3 is 1.35 bits per heavy atom. The Hall–Kier alpha value is -1.46. The van der Waals surface area contributed by atoms with Crippen molar-refractivity contribution in [2.75, 3.05) is 0 Å². The van der Waals surface area contributed by atoms with Crippen LogP contribution in [0.1, 0.15) is 20.8 Å². The van der Waals surface area contributed by atoms with E-state index in [-0.39, 0.29) is 0 Å². The monoisotopic (exact) mass is 276 g/mol. The zero-order chi connectivity index (χ0) is 14.1. The van der Waals surface area contributed by atoms with E-state index in [1.807, 2.05) is 0 Å². The van der Waals surface area contributed by atoms with E-state index in [2.05, 4.69) is 22.4 Å². The molecule has 0 aliphatic heterocycles. The lowest BCUT2D eigenvalue weighted by Gasteiger charge is -2.22. The SMILES string of the molecule is C=C[Si](OC(C)=O)(OC(C)=O)OC(C)=O.N[Si]. The van der Waals surface area contributed by atoms with Crippen LogP contribution in [0.2, 0.25) is 0 Å². The maximum atomic E-state index is 10.8. The van der Waals surface area contributed by atoms with Crippen LogP contribution in [0.25, 0.3) is 0 Å². The topological polar surface area (TPSA) is 105 Å². The molecule has 0 atom stereocenters. The Labute approximate surface area is 104 Å². The summed E-state index contributed by atoms with van der Waals surface area (Å²) in [6.45, 7) is 6.65. The third-order valence-corrected chi connectivity index (χ3v) is 3.32. The van der Waals surface area contributed by atoms with Crippen LogP contribution in [0.4, 0.5) is 0 Å². The number of nitrogens with two attached hydrogens (primary N) is 1. The van der Waals surface area contributed by atoms with E-state index in [1.54, 1.807) is 0 Å². The van der Waals surface area contributed by atoms with Gasteiger partial charge in [-0.1, -0.05) is 6.58 Å². The number of rotatable bonds is 4. The third kappa shape index (κ3) is 8.36. The molecule has 0 spiro atoms. The number of hydrogen-bond acceptors (Lipinski definition) is 7. The lowest BCUT2D eigenvalue weighted by molar-refractivity contribution is -0.146. The van der Waals surface area contributed by atoms with Crippen molar-refractivity contribution in [1.82, 2.24) is 0 Å².